The second kappa shape index (κ2) is 10.8. The van der Waals surface area contributed by atoms with E-state index >= 15 is 0 Å². The molecule has 32 heavy (non-hydrogen) atoms. The highest BCUT2D eigenvalue weighted by Gasteiger charge is 2.16. The zero-order valence-electron chi connectivity index (χ0n) is 18.7. The molecule has 0 saturated heterocycles. The second-order valence-corrected chi connectivity index (χ2v) is 7.60. The number of ether oxygens (including phenoxy) is 3. The van der Waals surface area contributed by atoms with E-state index < -0.39 is 0 Å². The third kappa shape index (κ3) is 5.47. The summed E-state index contributed by atoms with van der Waals surface area (Å²) >= 11 is 5.34. The molecule has 0 fully saturated rings. The van der Waals surface area contributed by atoms with Crippen LogP contribution in [0.3, 0.4) is 0 Å². The molecule has 3 rings (SSSR count). The van der Waals surface area contributed by atoms with Gasteiger partial charge in [-0.15, -0.1) is 0 Å². The molecule has 0 radical (unpaired) electrons. The van der Waals surface area contributed by atoms with Gasteiger partial charge in [-0.2, -0.15) is 5.10 Å². The first kappa shape index (κ1) is 23.3. The molecule has 3 aromatic rings. The van der Waals surface area contributed by atoms with Crippen LogP contribution in [0.25, 0.3) is 11.4 Å². The molecule has 0 aliphatic carbocycles. The van der Waals surface area contributed by atoms with E-state index in [0.29, 0.717) is 28.7 Å². The summed E-state index contributed by atoms with van der Waals surface area (Å²) < 4.78 is 18.4. The van der Waals surface area contributed by atoms with Gasteiger partial charge in [0.2, 0.25) is 5.91 Å². The SMILES string of the molecule is CCCOc1ccc(C(C)NC(=O)Cn2c(-c3ccc(OC)cc3)n[nH]c2=S)cc1OC. The smallest absolute Gasteiger partial charge is 0.240 e. The fourth-order valence-corrected chi connectivity index (χ4v) is 3.42. The summed E-state index contributed by atoms with van der Waals surface area (Å²) in [6.45, 7) is 4.61. The van der Waals surface area contributed by atoms with Crippen molar-refractivity contribution in [3.63, 3.8) is 0 Å². The molecule has 0 bridgehead atoms. The normalized spacial score (nSPS) is 11.6. The van der Waals surface area contributed by atoms with Crippen LogP contribution >= 0.6 is 12.2 Å². The minimum atomic E-state index is -0.234. The van der Waals surface area contributed by atoms with Crippen LogP contribution in [0.2, 0.25) is 0 Å². The van der Waals surface area contributed by atoms with Crippen LogP contribution in [0.1, 0.15) is 31.9 Å². The van der Waals surface area contributed by atoms with Crippen LogP contribution < -0.4 is 19.5 Å². The van der Waals surface area contributed by atoms with E-state index in [1.165, 1.54) is 0 Å². The summed E-state index contributed by atoms with van der Waals surface area (Å²) in [5.74, 6) is 2.46. The molecule has 2 N–H and O–H groups in total. The number of hydrogen-bond acceptors (Lipinski definition) is 6. The third-order valence-electron chi connectivity index (χ3n) is 4.94. The van der Waals surface area contributed by atoms with Gasteiger partial charge in [-0.25, -0.2) is 0 Å². The zero-order valence-corrected chi connectivity index (χ0v) is 19.5. The van der Waals surface area contributed by atoms with Crippen LogP contribution in [0.4, 0.5) is 0 Å². The molecule has 170 valence electrons. The van der Waals surface area contributed by atoms with Crippen molar-refractivity contribution < 1.29 is 19.0 Å². The van der Waals surface area contributed by atoms with E-state index in [-0.39, 0.29) is 18.5 Å². The number of amides is 1. The summed E-state index contributed by atoms with van der Waals surface area (Å²) in [5.41, 5.74) is 1.73. The highest BCUT2D eigenvalue weighted by atomic mass is 32.1. The Bertz CT molecular complexity index is 1110. The second-order valence-electron chi connectivity index (χ2n) is 7.21. The van der Waals surface area contributed by atoms with Gasteiger partial charge < -0.3 is 19.5 Å². The fraction of sp³-hybridized carbons (Fsp3) is 0.348. The van der Waals surface area contributed by atoms with Crippen LogP contribution in [0, 0.1) is 4.77 Å². The Hall–Kier alpha value is -3.33. The molecule has 1 unspecified atom stereocenters. The number of carbonyl (C=O) groups is 1. The van der Waals surface area contributed by atoms with Crippen molar-refractivity contribution in [3.05, 3.63) is 52.8 Å². The molecule has 9 heteroatoms. The number of rotatable bonds is 10. The largest absolute Gasteiger partial charge is 0.497 e. The standard InChI is InChI=1S/C23H28N4O4S/c1-5-12-31-19-11-8-17(13-20(19)30-4)15(2)24-21(28)14-27-22(25-26-23(27)32)16-6-9-18(29-3)10-7-16/h6-11,13,15H,5,12,14H2,1-4H3,(H,24,28)(H,26,32). The van der Waals surface area contributed by atoms with E-state index in [1.807, 2.05) is 56.3 Å². The lowest BCUT2D eigenvalue weighted by atomic mass is 10.1. The number of carbonyl (C=O) groups excluding carboxylic acids is 1. The van der Waals surface area contributed by atoms with Gasteiger partial charge in [0.25, 0.3) is 0 Å². The summed E-state index contributed by atoms with van der Waals surface area (Å²) in [6, 6.07) is 12.8. The van der Waals surface area contributed by atoms with Gasteiger partial charge in [-0.05, 0) is 67.5 Å². The van der Waals surface area contributed by atoms with Crippen molar-refractivity contribution in [1.82, 2.24) is 20.1 Å². The van der Waals surface area contributed by atoms with E-state index in [1.54, 1.807) is 18.8 Å². The Balaban J connectivity index is 1.72. The molecule has 2 aromatic carbocycles. The van der Waals surface area contributed by atoms with Gasteiger partial charge in [-0.1, -0.05) is 13.0 Å². The predicted octanol–water partition coefficient (Wildman–Crippen LogP) is 4.29. The van der Waals surface area contributed by atoms with E-state index in [4.69, 9.17) is 26.4 Å². The van der Waals surface area contributed by atoms with Gasteiger partial charge >= 0.3 is 0 Å². The lowest BCUT2D eigenvalue weighted by molar-refractivity contribution is -0.122. The van der Waals surface area contributed by atoms with Crippen molar-refractivity contribution in [2.45, 2.75) is 32.9 Å². The number of aromatic amines is 1. The average Bonchev–Trinajstić information content (AvgIpc) is 3.17. The van der Waals surface area contributed by atoms with Crippen LogP contribution in [0.5, 0.6) is 17.2 Å². The number of nitrogens with one attached hydrogen (secondary N) is 2. The number of methoxy groups -OCH3 is 2. The minimum absolute atomic E-state index is 0.0376. The lowest BCUT2D eigenvalue weighted by Gasteiger charge is -2.17. The van der Waals surface area contributed by atoms with Crippen molar-refractivity contribution in [2.24, 2.45) is 0 Å². The highest BCUT2D eigenvalue weighted by molar-refractivity contribution is 7.71. The van der Waals surface area contributed by atoms with E-state index in [2.05, 4.69) is 15.5 Å². The minimum Gasteiger partial charge on any atom is -0.497 e. The third-order valence-corrected chi connectivity index (χ3v) is 5.25. The average molecular weight is 457 g/mol. The number of aromatic nitrogens is 3. The quantitative estimate of drug-likeness (QED) is 0.442. The summed E-state index contributed by atoms with van der Waals surface area (Å²) in [7, 11) is 3.21. The van der Waals surface area contributed by atoms with Crippen LogP contribution in [0.15, 0.2) is 42.5 Å². The molecule has 0 aliphatic heterocycles. The zero-order chi connectivity index (χ0) is 23.1. The first-order valence-electron chi connectivity index (χ1n) is 10.4. The molecule has 1 atom stereocenters. The molecular formula is C23H28N4O4S. The number of benzene rings is 2. The number of H-pyrrole nitrogens is 1. The summed E-state index contributed by atoms with van der Waals surface area (Å²) in [5, 5.41) is 10.1. The molecule has 0 spiro atoms. The van der Waals surface area contributed by atoms with Gasteiger partial charge in [0.15, 0.2) is 22.1 Å². The molecular weight excluding hydrogens is 428 g/mol. The van der Waals surface area contributed by atoms with Gasteiger partial charge in [0.05, 0.1) is 26.9 Å². The van der Waals surface area contributed by atoms with Crippen molar-refractivity contribution >= 4 is 18.1 Å². The Morgan fingerprint density at radius 3 is 2.56 bits per heavy atom. The molecule has 1 aromatic heterocycles. The van der Waals surface area contributed by atoms with Crippen molar-refractivity contribution in [1.29, 1.82) is 0 Å². The van der Waals surface area contributed by atoms with Crippen LogP contribution in [-0.4, -0.2) is 41.5 Å². The first-order chi connectivity index (χ1) is 15.5. The topological polar surface area (TPSA) is 90.4 Å². The summed E-state index contributed by atoms with van der Waals surface area (Å²) in [6.07, 6.45) is 0.909. The Kier molecular flexibility index (Phi) is 7.88. The maximum Gasteiger partial charge on any atom is 0.240 e. The van der Waals surface area contributed by atoms with Crippen molar-refractivity contribution in [2.75, 3.05) is 20.8 Å². The van der Waals surface area contributed by atoms with Gasteiger partial charge in [-0.3, -0.25) is 14.5 Å². The molecule has 8 nitrogen and oxygen atoms in total. The van der Waals surface area contributed by atoms with E-state index in [0.717, 1.165) is 23.3 Å². The van der Waals surface area contributed by atoms with E-state index in [9.17, 15) is 4.79 Å². The van der Waals surface area contributed by atoms with Gasteiger partial charge in [0.1, 0.15) is 12.3 Å². The Morgan fingerprint density at radius 1 is 1.16 bits per heavy atom. The Labute approximate surface area is 192 Å². The lowest BCUT2D eigenvalue weighted by Crippen LogP contribution is -2.30. The fourth-order valence-electron chi connectivity index (χ4n) is 3.22. The first-order valence-corrected chi connectivity index (χ1v) is 10.8. The molecule has 1 heterocycles. The number of hydrogen-bond donors (Lipinski definition) is 2. The number of nitrogens with zero attached hydrogens (tertiary/aromatic N) is 2. The maximum absolute atomic E-state index is 12.8. The predicted molar refractivity (Wildman–Crippen MR) is 125 cm³/mol. The molecule has 1 amide bonds. The summed E-state index contributed by atoms with van der Waals surface area (Å²) in [4.78, 5) is 12.8. The maximum atomic E-state index is 12.8. The highest BCUT2D eigenvalue weighted by Crippen LogP contribution is 2.30. The molecule has 0 aliphatic rings. The Morgan fingerprint density at radius 2 is 1.91 bits per heavy atom. The monoisotopic (exact) mass is 456 g/mol. The van der Waals surface area contributed by atoms with Crippen molar-refractivity contribution in [3.8, 4) is 28.6 Å². The van der Waals surface area contributed by atoms with Crippen LogP contribution in [-0.2, 0) is 11.3 Å². The molecule has 0 saturated carbocycles. The van der Waals surface area contributed by atoms with Gasteiger partial charge in [0, 0.05) is 5.56 Å².